The third kappa shape index (κ3) is 2.07. The molecule has 0 aliphatic carbocycles. The van der Waals surface area contributed by atoms with E-state index in [1.165, 1.54) is 6.42 Å². The van der Waals surface area contributed by atoms with Crippen LogP contribution in [0.4, 0.5) is 11.4 Å². The van der Waals surface area contributed by atoms with Crippen LogP contribution in [-0.4, -0.2) is 30.6 Å². The van der Waals surface area contributed by atoms with Gasteiger partial charge in [0.05, 0.1) is 4.92 Å². The third-order valence-electron chi connectivity index (χ3n) is 4.22. The predicted octanol–water partition coefficient (Wildman–Crippen LogP) is 2.35. The first-order valence-electron chi connectivity index (χ1n) is 6.50. The summed E-state index contributed by atoms with van der Waals surface area (Å²) in [6.45, 7) is 4.97. The van der Waals surface area contributed by atoms with Gasteiger partial charge in [-0.25, -0.2) is 0 Å². The highest BCUT2D eigenvalue weighted by atomic mass is 35.5. The van der Waals surface area contributed by atoms with Gasteiger partial charge in [-0.2, -0.15) is 0 Å². The highest BCUT2D eigenvalue weighted by Gasteiger charge is 2.38. The van der Waals surface area contributed by atoms with Gasteiger partial charge in [0, 0.05) is 37.4 Å². The quantitative estimate of drug-likeness (QED) is 0.668. The average Bonchev–Trinajstić information content (AvgIpc) is 2.93. The molecule has 0 bridgehead atoms. The Kier molecular flexibility index (Phi) is 3.11. The van der Waals surface area contributed by atoms with Crippen molar-refractivity contribution in [2.45, 2.75) is 19.4 Å². The Balaban J connectivity index is 1.97. The molecule has 0 saturated carbocycles. The van der Waals surface area contributed by atoms with Crippen molar-refractivity contribution in [1.82, 2.24) is 5.32 Å². The van der Waals surface area contributed by atoms with E-state index in [4.69, 9.17) is 11.6 Å². The Bertz CT molecular complexity index is 535. The van der Waals surface area contributed by atoms with E-state index in [-0.39, 0.29) is 10.7 Å². The van der Waals surface area contributed by atoms with Crippen molar-refractivity contribution < 1.29 is 4.92 Å². The van der Waals surface area contributed by atoms with E-state index in [9.17, 15) is 10.1 Å². The van der Waals surface area contributed by atoms with Crippen molar-refractivity contribution in [2.24, 2.45) is 5.92 Å². The molecule has 0 aromatic heterocycles. The van der Waals surface area contributed by atoms with Gasteiger partial charge in [0.2, 0.25) is 0 Å². The number of anilines is 1. The standard InChI is InChI=1S/C13H16ClN3O2/c1-8-4-12(17(18)19)10(14)5-11(8)16-3-2-9-6-15-7-13(9)16/h4-5,9,13,15H,2-3,6-7H2,1H3/t9-,13+/m0/s1. The predicted molar refractivity (Wildman–Crippen MR) is 75.0 cm³/mol. The molecule has 2 heterocycles. The summed E-state index contributed by atoms with van der Waals surface area (Å²) in [5, 5.41) is 14.5. The zero-order valence-corrected chi connectivity index (χ0v) is 11.5. The van der Waals surface area contributed by atoms with Gasteiger partial charge in [-0.15, -0.1) is 0 Å². The minimum Gasteiger partial charge on any atom is -0.367 e. The summed E-state index contributed by atoms with van der Waals surface area (Å²) in [6.07, 6.45) is 1.17. The van der Waals surface area contributed by atoms with Crippen LogP contribution < -0.4 is 10.2 Å². The molecule has 0 radical (unpaired) electrons. The zero-order valence-electron chi connectivity index (χ0n) is 10.7. The minimum atomic E-state index is -0.428. The summed E-state index contributed by atoms with van der Waals surface area (Å²) < 4.78 is 0. The van der Waals surface area contributed by atoms with Crippen molar-refractivity contribution in [3.05, 3.63) is 32.8 Å². The van der Waals surface area contributed by atoms with Crippen LogP contribution in [0.3, 0.4) is 0 Å². The molecule has 0 spiro atoms. The Hall–Kier alpha value is -1.33. The lowest BCUT2D eigenvalue weighted by Crippen LogP contribution is -2.34. The summed E-state index contributed by atoms with van der Waals surface area (Å²) >= 11 is 6.03. The normalized spacial score (nSPS) is 25.7. The van der Waals surface area contributed by atoms with E-state index in [1.807, 2.05) is 6.92 Å². The number of fused-ring (bicyclic) bond motifs is 1. The first-order chi connectivity index (χ1) is 9.08. The van der Waals surface area contributed by atoms with Gasteiger partial charge in [-0.3, -0.25) is 10.1 Å². The molecular weight excluding hydrogens is 266 g/mol. The molecule has 2 aliphatic rings. The maximum Gasteiger partial charge on any atom is 0.288 e. The molecule has 102 valence electrons. The van der Waals surface area contributed by atoms with Crippen LogP contribution in [0, 0.1) is 23.0 Å². The molecule has 5 nitrogen and oxygen atoms in total. The Morgan fingerprint density at radius 2 is 2.26 bits per heavy atom. The number of benzene rings is 1. The van der Waals surface area contributed by atoms with Crippen LogP contribution in [0.15, 0.2) is 12.1 Å². The van der Waals surface area contributed by atoms with E-state index in [1.54, 1.807) is 12.1 Å². The van der Waals surface area contributed by atoms with Crippen LogP contribution in [0.5, 0.6) is 0 Å². The smallest absolute Gasteiger partial charge is 0.288 e. The number of nitro groups is 1. The van der Waals surface area contributed by atoms with Crippen molar-refractivity contribution >= 4 is 23.0 Å². The third-order valence-corrected chi connectivity index (χ3v) is 4.52. The van der Waals surface area contributed by atoms with E-state index in [0.717, 1.165) is 30.9 Å². The van der Waals surface area contributed by atoms with Crippen LogP contribution in [0.2, 0.25) is 5.02 Å². The van der Waals surface area contributed by atoms with Crippen molar-refractivity contribution in [3.63, 3.8) is 0 Å². The van der Waals surface area contributed by atoms with Gasteiger partial charge < -0.3 is 10.2 Å². The molecule has 2 saturated heterocycles. The molecule has 2 atom stereocenters. The lowest BCUT2D eigenvalue weighted by molar-refractivity contribution is -0.384. The van der Waals surface area contributed by atoms with E-state index in [0.29, 0.717) is 12.0 Å². The highest BCUT2D eigenvalue weighted by Crippen LogP contribution is 2.38. The molecule has 3 rings (SSSR count). The molecule has 1 N–H and O–H groups in total. The number of halogens is 1. The summed E-state index contributed by atoms with van der Waals surface area (Å²) in [5.74, 6) is 0.688. The molecule has 0 unspecified atom stereocenters. The van der Waals surface area contributed by atoms with Crippen molar-refractivity contribution in [3.8, 4) is 0 Å². The van der Waals surface area contributed by atoms with Gasteiger partial charge >= 0.3 is 0 Å². The molecular formula is C13H16ClN3O2. The van der Waals surface area contributed by atoms with Crippen molar-refractivity contribution in [2.75, 3.05) is 24.5 Å². The molecule has 1 aromatic rings. The lowest BCUT2D eigenvalue weighted by Gasteiger charge is -2.27. The second-order valence-corrected chi connectivity index (χ2v) is 5.72. The van der Waals surface area contributed by atoms with E-state index < -0.39 is 4.92 Å². The van der Waals surface area contributed by atoms with Gasteiger partial charge in [0.1, 0.15) is 5.02 Å². The molecule has 2 aliphatic heterocycles. The number of hydrogen-bond acceptors (Lipinski definition) is 4. The lowest BCUT2D eigenvalue weighted by atomic mass is 10.0. The molecule has 19 heavy (non-hydrogen) atoms. The first-order valence-corrected chi connectivity index (χ1v) is 6.87. The zero-order chi connectivity index (χ0) is 13.6. The van der Waals surface area contributed by atoms with Gasteiger partial charge in [-0.05, 0) is 30.9 Å². The summed E-state index contributed by atoms with van der Waals surface area (Å²) in [7, 11) is 0. The SMILES string of the molecule is Cc1cc([N+](=O)[O-])c(Cl)cc1N1CC[C@H]2CNC[C@H]21. The largest absolute Gasteiger partial charge is 0.367 e. The highest BCUT2D eigenvalue weighted by molar-refractivity contribution is 6.33. The number of hydrogen-bond donors (Lipinski definition) is 1. The molecule has 6 heteroatoms. The number of aryl methyl sites for hydroxylation is 1. The fourth-order valence-corrected chi connectivity index (χ4v) is 3.48. The maximum atomic E-state index is 10.9. The topological polar surface area (TPSA) is 58.4 Å². The second kappa shape index (κ2) is 4.65. The molecule has 1 aromatic carbocycles. The van der Waals surface area contributed by atoms with E-state index in [2.05, 4.69) is 10.2 Å². The van der Waals surface area contributed by atoms with Gasteiger partial charge in [-0.1, -0.05) is 11.6 Å². The number of nitrogens with zero attached hydrogens (tertiary/aromatic N) is 2. The molecule has 2 fully saturated rings. The van der Waals surface area contributed by atoms with Gasteiger partial charge in [0.15, 0.2) is 0 Å². The minimum absolute atomic E-state index is 0.0109. The monoisotopic (exact) mass is 281 g/mol. The van der Waals surface area contributed by atoms with Crippen LogP contribution >= 0.6 is 11.6 Å². The van der Waals surface area contributed by atoms with Crippen molar-refractivity contribution in [1.29, 1.82) is 0 Å². The summed E-state index contributed by atoms with van der Waals surface area (Å²) in [6, 6.07) is 3.82. The molecule has 0 amide bonds. The fraction of sp³-hybridized carbons (Fsp3) is 0.538. The summed E-state index contributed by atoms with van der Waals surface area (Å²) in [4.78, 5) is 12.8. The van der Waals surface area contributed by atoms with E-state index >= 15 is 0 Å². The van der Waals surface area contributed by atoms with Crippen LogP contribution in [0.1, 0.15) is 12.0 Å². The van der Waals surface area contributed by atoms with Gasteiger partial charge in [0.25, 0.3) is 5.69 Å². The average molecular weight is 282 g/mol. The first kappa shape index (κ1) is 12.7. The Labute approximate surface area is 116 Å². The Morgan fingerprint density at radius 3 is 3.00 bits per heavy atom. The number of nitrogens with one attached hydrogen (secondary N) is 1. The summed E-state index contributed by atoms with van der Waals surface area (Å²) in [5.41, 5.74) is 1.94. The Morgan fingerprint density at radius 1 is 1.47 bits per heavy atom. The fourth-order valence-electron chi connectivity index (χ4n) is 3.25. The number of nitro benzene ring substituents is 1. The maximum absolute atomic E-state index is 10.9. The number of rotatable bonds is 2. The van der Waals surface area contributed by atoms with Crippen LogP contribution in [-0.2, 0) is 0 Å². The second-order valence-electron chi connectivity index (χ2n) is 5.31. The van der Waals surface area contributed by atoms with Crippen LogP contribution in [0.25, 0.3) is 0 Å².